The molecule has 314 valence electrons. The fraction of sp³-hybridized carbons (Fsp3) is 0.347. The highest BCUT2D eigenvalue weighted by molar-refractivity contribution is 5.98. The van der Waals surface area contributed by atoms with E-state index >= 15 is 0 Å². The van der Waals surface area contributed by atoms with Crippen molar-refractivity contribution in [3.05, 3.63) is 150 Å². The summed E-state index contributed by atoms with van der Waals surface area (Å²) < 4.78 is 39.6. The van der Waals surface area contributed by atoms with Crippen molar-refractivity contribution in [2.24, 2.45) is 10.2 Å². The second kappa shape index (κ2) is 20.8. The zero-order valence-corrected chi connectivity index (χ0v) is 34.7. The van der Waals surface area contributed by atoms with Crippen molar-refractivity contribution in [3.8, 4) is 0 Å². The number of para-hydroxylation sites is 1. The quantitative estimate of drug-likeness (QED) is 0.116. The van der Waals surface area contributed by atoms with Gasteiger partial charge in [0.1, 0.15) is 0 Å². The molecule has 0 bridgehead atoms. The van der Waals surface area contributed by atoms with Crippen LogP contribution >= 0.6 is 0 Å². The van der Waals surface area contributed by atoms with Crippen LogP contribution in [0.15, 0.2) is 138 Å². The molecule has 5 aromatic carbocycles. The van der Waals surface area contributed by atoms with Gasteiger partial charge >= 0.3 is 18.2 Å². The number of benzene rings is 5. The molecule has 60 heavy (non-hydrogen) atoms. The zero-order chi connectivity index (χ0) is 42.5. The summed E-state index contributed by atoms with van der Waals surface area (Å²) in [6, 6.07) is 38.8. The Kier molecular flexibility index (Phi) is 15.1. The molecule has 0 spiro atoms. The monoisotopic (exact) mass is 816 g/mol. The van der Waals surface area contributed by atoms with E-state index in [1.54, 1.807) is 5.01 Å². The van der Waals surface area contributed by atoms with Gasteiger partial charge in [-0.25, -0.2) is 19.6 Å². The summed E-state index contributed by atoms with van der Waals surface area (Å²) in [5.74, 6) is 0.133. The molecule has 0 fully saturated rings. The normalized spacial score (nSPS) is 16.8. The van der Waals surface area contributed by atoms with Crippen LogP contribution in [0.3, 0.4) is 0 Å². The van der Waals surface area contributed by atoms with Crippen molar-refractivity contribution in [1.82, 2.24) is 15.3 Å². The molecular formula is C49H55F3N6O2. The van der Waals surface area contributed by atoms with Gasteiger partial charge in [-0.3, -0.25) is 0 Å². The minimum absolute atomic E-state index is 0.0448. The standard InChI is InChI=1S/C27H31N3O.C22H24F3N3O/c1-3-4-6-18-26-25(22-12-7-5-8-13-22)19-30(29-26)27(31)28-20(2)23-17-11-15-21-14-9-10-16-24(21)23;1-2-3-5-13-19-17(16-10-6-4-7-11-16)15-28(27-19)21(29)26-20-14-9-8-12-18(20)22(23,24)25/h5,7-17,20,25H,3-4,6,18-19H2,1-2H3,(H,28,31);4,6-12,14,17H,2-3,5,13,15H2,1H3,(H,26,29). The largest absolute Gasteiger partial charge is 0.418 e. The summed E-state index contributed by atoms with van der Waals surface area (Å²) in [7, 11) is 0. The predicted octanol–water partition coefficient (Wildman–Crippen LogP) is 12.9. The number of fused-ring (bicyclic) bond motifs is 1. The van der Waals surface area contributed by atoms with Crippen molar-refractivity contribution in [2.45, 2.75) is 96.2 Å². The van der Waals surface area contributed by atoms with Gasteiger partial charge < -0.3 is 10.6 Å². The molecule has 8 nitrogen and oxygen atoms in total. The molecule has 0 aliphatic carbocycles. The third kappa shape index (κ3) is 11.2. The van der Waals surface area contributed by atoms with Crippen LogP contribution in [-0.2, 0) is 6.18 Å². The van der Waals surface area contributed by atoms with Gasteiger partial charge in [0.25, 0.3) is 0 Å². The summed E-state index contributed by atoms with van der Waals surface area (Å²) in [5.41, 5.74) is 4.27. The Morgan fingerprint density at radius 2 is 1.15 bits per heavy atom. The van der Waals surface area contributed by atoms with Crippen LogP contribution in [-0.4, -0.2) is 46.6 Å². The molecule has 4 amide bonds. The van der Waals surface area contributed by atoms with Crippen LogP contribution in [0.5, 0.6) is 0 Å². The van der Waals surface area contributed by atoms with Crippen LogP contribution < -0.4 is 10.6 Å². The van der Waals surface area contributed by atoms with Gasteiger partial charge in [-0.2, -0.15) is 23.4 Å². The number of nitrogens with zero attached hydrogens (tertiary/aromatic N) is 4. The highest BCUT2D eigenvalue weighted by Crippen LogP contribution is 2.36. The number of unbranched alkanes of at least 4 members (excludes halogenated alkanes) is 4. The Morgan fingerprint density at radius 3 is 1.72 bits per heavy atom. The number of amides is 4. The molecule has 0 saturated carbocycles. The van der Waals surface area contributed by atoms with Crippen LogP contribution in [0.1, 0.15) is 112 Å². The van der Waals surface area contributed by atoms with E-state index in [1.807, 2.05) is 61.5 Å². The summed E-state index contributed by atoms with van der Waals surface area (Å²) in [4.78, 5) is 25.8. The average Bonchev–Trinajstić information content (AvgIpc) is 3.90. The molecule has 7 rings (SSSR count). The minimum atomic E-state index is -4.55. The van der Waals surface area contributed by atoms with E-state index in [0.717, 1.165) is 67.1 Å². The van der Waals surface area contributed by atoms with Gasteiger partial charge in [0.05, 0.1) is 30.4 Å². The lowest BCUT2D eigenvalue weighted by Crippen LogP contribution is -2.37. The van der Waals surface area contributed by atoms with Crippen LogP contribution in [0, 0.1) is 0 Å². The number of halogens is 3. The van der Waals surface area contributed by atoms with Gasteiger partial charge in [-0.1, -0.05) is 155 Å². The maximum Gasteiger partial charge on any atom is 0.418 e. The maximum atomic E-state index is 13.2. The van der Waals surface area contributed by atoms with Crippen LogP contribution in [0.2, 0.25) is 0 Å². The molecule has 2 N–H and O–H groups in total. The molecule has 5 aromatic rings. The highest BCUT2D eigenvalue weighted by Gasteiger charge is 2.36. The minimum Gasteiger partial charge on any atom is -0.330 e. The number of hydrogen-bond donors (Lipinski definition) is 2. The van der Waals surface area contributed by atoms with Crippen molar-refractivity contribution in [2.75, 3.05) is 18.4 Å². The lowest BCUT2D eigenvalue weighted by Gasteiger charge is -2.20. The number of anilines is 1. The first-order valence-corrected chi connectivity index (χ1v) is 21.1. The lowest BCUT2D eigenvalue weighted by atomic mass is 9.92. The second-order valence-electron chi connectivity index (χ2n) is 15.4. The lowest BCUT2D eigenvalue weighted by molar-refractivity contribution is -0.136. The van der Waals surface area contributed by atoms with E-state index in [-0.39, 0.29) is 29.6 Å². The Hall–Kier alpha value is -5.97. The van der Waals surface area contributed by atoms with E-state index in [4.69, 9.17) is 5.10 Å². The predicted molar refractivity (Wildman–Crippen MR) is 236 cm³/mol. The van der Waals surface area contributed by atoms with E-state index in [9.17, 15) is 22.8 Å². The second-order valence-corrected chi connectivity index (χ2v) is 15.4. The van der Waals surface area contributed by atoms with Crippen molar-refractivity contribution >= 4 is 39.9 Å². The summed E-state index contributed by atoms with van der Waals surface area (Å²) in [5, 5.41) is 20.0. The highest BCUT2D eigenvalue weighted by atomic mass is 19.4. The van der Waals surface area contributed by atoms with Crippen LogP contribution in [0.25, 0.3) is 10.8 Å². The molecule has 0 saturated heterocycles. The molecule has 3 unspecified atom stereocenters. The number of urea groups is 2. The summed E-state index contributed by atoms with van der Waals surface area (Å²) in [6.07, 6.45) is 3.72. The molecule has 2 aliphatic heterocycles. The van der Waals surface area contributed by atoms with E-state index in [1.165, 1.54) is 52.4 Å². The first-order chi connectivity index (χ1) is 29.1. The van der Waals surface area contributed by atoms with E-state index in [2.05, 4.69) is 78.1 Å². The van der Waals surface area contributed by atoms with Gasteiger partial charge in [-0.15, -0.1) is 0 Å². The number of alkyl halides is 3. The number of carbonyl (C=O) groups is 2. The molecule has 3 atom stereocenters. The number of rotatable bonds is 13. The zero-order valence-electron chi connectivity index (χ0n) is 34.7. The first-order valence-electron chi connectivity index (χ1n) is 21.1. The van der Waals surface area contributed by atoms with Gasteiger partial charge in [0.15, 0.2) is 0 Å². The van der Waals surface area contributed by atoms with E-state index < -0.39 is 17.8 Å². The van der Waals surface area contributed by atoms with Crippen LogP contribution in [0.4, 0.5) is 28.4 Å². The van der Waals surface area contributed by atoms with Gasteiger partial charge in [0.2, 0.25) is 0 Å². The SMILES string of the molecule is CCCCCC1=NN(C(=O)NC(C)c2cccc3ccccc23)CC1c1ccccc1.CCCCCC1=NN(C(=O)Nc2ccccc2C(F)(F)F)CC1c1ccccc1. The summed E-state index contributed by atoms with van der Waals surface area (Å²) >= 11 is 0. The number of nitrogens with one attached hydrogen (secondary N) is 2. The number of carbonyl (C=O) groups excluding carboxylic acids is 2. The fourth-order valence-corrected chi connectivity index (χ4v) is 7.86. The van der Waals surface area contributed by atoms with Gasteiger partial charge in [0, 0.05) is 23.3 Å². The fourth-order valence-electron chi connectivity index (χ4n) is 7.86. The Balaban J connectivity index is 0.000000202. The first kappa shape index (κ1) is 43.6. The summed E-state index contributed by atoms with van der Waals surface area (Å²) in [6.45, 7) is 7.27. The Morgan fingerprint density at radius 1 is 0.650 bits per heavy atom. The molecule has 0 aromatic heterocycles. The molecule has 2 aliphatic rings. The number of hydrogen-bond acceptors (Lipinski definition) is 4. The number of hydrazone groups is 2. The Bertz CT molecular complexity index is 2240. The van der Waals surface area contributed by atoms with Gasteiger partial charge in [-0.05, 0) is 72.2 Å². The van der Waals surface area contributed by atoms with E-state index in [0.29, 0.717) is 13.1 Å². The maximum absolute atomic E-state index is 13.2. The molecule has 0 radical (unpaired) electrons. The van der Waals surface area contributed by atoms with Crippen molar-refractivity contribution < 1.29 is 22.8 Å². The smallest absolute Gasteiger partial charge is 0.330 e. The van der Waals surface area contributed by atoms with Crippen molar-refractivity contribution in [1.29, 1.82) is 0 Å². The molecular weight excluding hydrogens is 762 g/mol. The Labute approximate surface area is 351 Å². The topological polar surface area (TPSA) is 89.4 Å². The molecule has 11 heteroatoms. The third-order valence-electron chi connectivity index (χ3n) is 11.1. The van der Waals surface area contributed by atoms with Crippen molar-refractivity contribution in [3.63, 3.8) is 0 Å². The molecule has 2 heterocycles. The average molecular weight is 817 g/mol. The third-order valence-corrected chi connectivity index (χ3v) is 11.1.